The zero-order valence-electron chi connectivity index (χ0n) is 45.9. The molecular weight excluding hydrogens is 1260 g/mol. The predicted molar refractivity (Wildman–Crippen MR) is 332 cm³/mol. The average molecular weight is 1290 g/mol. The molecule has 0 spiro atoms. The number of hydrogen-bond acceptors (Lipinski definition) is 18. The van der Waals surface area contributed by atoms with Crippen LogP contribution < -0.4 is 9.97 Å². The van der Waals surface area contributed by atoms with Crippen LogP contribution in [-0.4, -0.2) is 133 Å². The van der Waals surface area contributed by atoms with Crippen molar-refractivity contribution in [2.45, 2.75) is 9.79 Å². The molecule has 90 heavy (non-hydrogen) atoms. The molecule has 1 radical (unpaired) electrons. The second-order valence-corrected chi connectivity index (χ2v) is 23.3. The minimum atomic E-state index is -4.89. The van der Waals surface area contributed by atoms with Gasteiger partial charge in [0.05, 0.1) is 33.1 Å². The minimum Gasteiger partial charge on any atom is -0.744 e. The Hall–Kier alpha value is -9.92. The van der Waals surface area contributed by atoms with Crippen LogP contribution in [0, 0.1) is 0 Å². The summed E-state index contributed by atoms with van der Waals surface area (Å²) in [6.07, 6.45) is 0. The molecule has 18 rings (SSSR count). The van der Waals surface area contributed by atoms with E-state index in [1.807, 2.05) is 146 Å². The third-order valence-corrected chi connectivity index (χ3v) is 17.2. The Kier molecular flexibility index (Phi) is 13.5. The Labute approximate surface area is 547 Å². The van der Waals surface area contributed by atoms with E-state index < -0.39 is 30.0 Å². The fraction of sp³-hybridized carbons (Fsp3) is 0. The number of aromatic nitrogens is 16. The van der Waals surface area contributed by atoms with Crippen molar-refractivity contribution in [3.63, 3.8) is 0 Å². The van der Waals surface area contributed by atoms with Gasteiger partial charge < -0.3 is 49.0 Å². The van der Waals surface area contributed by atoms with Crippen LogP contribution in [0.4, 0.5) is 0 Å². The summed E-state index contributed by atoms with van der Waals surface area (Å²) in [5, 5.41) is 4.24. The molecule has 0 saturated carbocycles. The van der Waals surface area contributed by atoms with E-state index in [1.54, 1.807) is 12.1 Å². The molecule has 0 amide bonds. The quantitative estimate of drug-likeness (QED) is 0.120. The summed E-state index contributed by atoms with van der Waals surface area (Å²) >= 11 is 0. The van der Waals surface area contributed by atoms with Gasteiger partial charge in [-0.1, -0.05) is 170 Å². The smallest absolute Gasteiger partial charge is 0.744 e. The van der Waals surface area contributed by atoms with E-state index in [0.717, 1.165) is 43.8 Å². The van der Waals surface area contributed by atoms with Gasteiger partial charge in [0.15, 0.2) is 23.3 Å². The fourth-order valence-electron chi connectivity index (χ4n) is 11.6. The van der Waals surface area contributed by atoms with Gasteiger partial charge >= 0.3 is 54.8 Å². The first-order valence-electron chi connectivity index (χ1n) is 27.1. The summed E-state index contributed by atoms with van der Waals surface area (Å²) in [7, 11) is -9.76. The number of nitrogens with one attached hydrogen (secondary N) is 2. The second kappa shape index (κ2) is 21.4. The summed E-state index contributed by atoms with van der Waals surface area (Å²) < 4.78 is 74.4. The van der Waals surface area contributed by atoms with E-state index in [4.69, 9.17) is 64.8 Å². The van der Waals surface area contributed by atoms with Crippen molar-refractivity contribution in [1.82, 2.24) is 79.7 Å². The zero-order valence-corrected chi connectivity index (χ0v) is 50.6. The van der Waals surface area contributed by atoms with Crippen LogP contribution >= 0.6 is 0 Å². The van der Waals surface area contributed by atoms with Crippen molar-refractivity contribution in [2.24, 2.45) is 0 Å². The Bertz CT molecular complexity index is 5700. The summed E-state index contributed by atoms with van der Waals surface area (Å²) in [6.45, 7) is 0. The SMILES string of the molecule is O=S(=O)([O-])c1cccc2c3nc4nc(nc5[n-]c(nc6nc(nc([n-]3)c12)-c1ccccc1-6)c1ccccc51)-c1ccccc1-4.O=S(=O)([O-])c1cccc2c3nc4nc(nc5[nH]c(nc6nc(nc([nH]3)c12)-c1ccccc1-6)c1ccccc51)-c1ccccc1-4.[Ca+2].[Cu+2]. The van der Waals surface area contributed by atoms with Gasteiger partial charge in [0.25, 0.3) is 0 Å². The molecular formula is C64H32CaCuN16O6S2. The molecule has 10 heterocycles. The molecule has 0 aliphatic carbocycles. The van der Waals surface area contributed by atoms with Gasteiger partial charge in [0.2, 0.25) is 0 Å². The van der Waals surface area contributed by atoms with E-state index >= 15 is 0 Å². The summed E-state index contributed by atoms with van der Waals surface area (Å²) in [5.74, 6) is 2.91. The van der Waals surface area contributed by atoms with Crippen molar-refractivity contribution in [2.75, 3.05) is 0 Å². The molecule has 8 aromatic carbocycles. The number of aromatic amines is 2. The Morgan fingerprint density at radius 1 is 0.278 bits per heavy atom. The zero-order chi connectivity index (χ0) is 59.2. The average Bonchev–Trinajstić information content (AvgIpc) is 1.61. The first-order chi connectivity index (χ1) is 42.8. The van der Waals surface area contributed by atoms with E-state index in [9.17, 15) is 25.9 Å². The molecule has 26 heteroatoms. The third kappa shape index (κ3) is 9.24. The van der Waals surface area contributed by atoms with Crippen LogP contribution in [0.25, 0.3) is 179 Å². The topological polar surface area (TPSA) is 329 Å². The molecule has 14 aromatic rings. The van der Waals surface area contributed by atoms with Crippen LogP contribution in [-0.2, 0) is 37.3 Å². The van der Waals surface area contributed by atoms with E-state index in [-0.39, 0.29) is 88.3 Å². The van der Waals surface area contributed by atoms with Crippen LogP contribution in [0.15, 0.2) is 192 Å². The van der Waals surface area contributed by atoms with Crippen molar-refractivity contribution in [3.8, 4) is 91.1 Å². The fourth-order valence-corrected chi connectivity index (χ4v) is 13.0. The summed E-state index contributed by atoms with van der Waals surface area (Å²) in [4.78, 5) is 72.9. The maximum atomic E-state index is 12.4. The standard InChI is InChI=1S/C32H18N8O3S.C32H16N8O3S.Ca.Cu/c2*41-44(42,43)23-15-7-14-22-24(23)32-39-30-21-13-6-5-12-20(21)28(37-30)35-26-17-9-2-1-8-16(17)25(33-26)34-27-18-10-3-4-11-19(18)29(36-27)38-31(22)40-32;;/h1-15H,(H,41,42,43)(H2,33,34,35,36,37,38,39,40);1-15H,(H-2,33,34,35,36,37,38,39,40,41,42,43);;/q;-2;2*+2/p-2. The minimum absolute atomic E-state index is 0. The van der Waals surface area contributed by atoms with Crippen molar-refractivity contribution in [1.29, 1.82) is 0 Å². The first kappa shape index (κ1) is 56.6. The van der Waals surface area contributed by atoms with Crippen LogP contribution in [0.3, 0.4) is 0 Å². The number of rotatable bonds is 2. The van der Waals surface area contributed by atoms with Gasteiger partial charge in [0, 0.05) is 94.0 Å². The number of nitrogens with zero attached hydrogens (tertiary/aromatic N) is 14. The Balaban J connectivity index is 0.000000147. The Morgan fingerprint density at radius 2 is 0.544 bits per heavy atom. The second-order valence-electron chi connectivity index (χ2n) is 20.6. The van der Waals surface area contributed by atoms with E-state index in [1.165, 1.54) is 24.3 Å². The van der Waals surface area contributed by atoms with Gasteiger partial charge in [-0.3, -0.25) is 0 Å². The summed E-state index contributed by atoms with van der Waals surface area (Å²) in [6, 6.07) is 54.4. The van der Waals surface area contributed by atoms with Gasteiger partial charge in [0.1, 0.15) is 42.8 Å². The molecule has 4 aliphatic heterocycles. The summed E-state index contributed by atoms with van der Waals surface area (Å²) in [5.41, 5.74) is 8.43. The normalized spacial score (nSPS) is 12.1. The maximum Gasteiger partial charge on any atom is 2.00 e. The van der Waals surface area contributed by atoms with Crippen LogP contribution in [0.1, 0.15) is 0 Å². The molecule has 2 N–H and O–H groups in total. The van der Waals surface area contributed by atoms with Gasteiger partial charge in [-0.25, -0.2) is 56.7 Å². The molecule has 6 aromatic heterocycles. The molecule has 0 atom stereocenters. The van der Waals surface area contributed by atoms with Crippen molar-refractivity contribution in [3.05, 3.63) is 182 Å². The third-order valence-electron chi connectivity index (χ3n) is 15.5. The van der Waals surface area contributed by atoms with E-state index in [0.29, 0.717) is 102 Å². The number of H-pyrrole nitrogens is 2. The largest absolute Gasteiger partial charge is 2.00 e. The Morgan fingerprint density at radius 3 is 0.933 bits per heavy atom. The van der Waals surface area contributed by atoms with Crippen molar-refractivity contribution >= 4 is 146 Å². The van der Waals surface area contributed by atoms with E-state index in [2.05, 4.69) is 15.0 Å². The molecule has 429 valence electrons. The maximum absolute atomic E-state index is 12.4. The van der Waals surface area contributed by atoms with Crippen LogP contribution in [0.2, 0.25) is 0 Å². The predicted octanol–water partition coefficient (Wildman–Crippen LogP) is 10.4. The molecule has 16 bridgehead atoms. The van der Waals surface area contributed by atoms with Gasteiger partial charge in [-0.15, -0.1) is 0 Å². The number of benzene rings is 8. The number of hydrogen-bond donors (Lipinski definition) is 2. The molecule has 22 nitrogen and oxygen atoms in total. The van der Waals surface area contributed by atoms with Gasteiger partial charge in [-0.05, 0) is 28.3 Å². The van der Waals surface area contributed by atoms with Crippen LogP contribution in [0.5, 0.6) is 0 Å². The molecule has 0 saturated heterocycles. The molecule has 4 aliphatic rings. The first-order valence-corrected chi connectivity index (χ1v) is 29.9. The molecule has 0 unspecified atom stereocenters. The monoisotopic (exact) mass is 1290 g/mol. The number of fused-ring (bicyclic) bond motifs is 40. The molecule has 0 fully saturated rings. The van der Waals surface area contributed by atoms with Crippen molar-refractivity contribution < 1.29 is 43.0 Å². The van der Waals surface area contributed by atoms with Gasteiger partial charge in [-0.2, -0.15) is 0 Å².